The molecule has 2 heteroatoms. The molecule has 1 atom stereocenters. The molecule has 0 aromatic heterocycles. The van der Waals surface area contributed by atoms with E-state index in [-0.39, 0.29) is 6.10 Å². The Morgan fingerprint density at radius 3 is 2.33 bits per heavy atom. The standard InChI is InChI=1S/C7H10O.C3H7N/c1-6(8)7-4-2-3-5-7;4-3-1-2-3/h2-4,6,8H,5H2,1H3;3H,1-2,4H2. The summed E-state index contributed by atoms with van der Waals surface area (Å²) in [6.45, 7) is 1.79. The molecule has 2 rings (SSSR count). The van der Waals surface area contributed by atoms with Gasteiger partial charge in [-0.25, -0.2) is 0 Å². The summed E-state index contributed by atoms with van der Waals surface area (Å²) < 4.78 is 0. The van der Waals surface area contributed by atoms with Gasteiger partial charge in [-0.05, 0) is 31.8 Å². The van der Waals surface area contributed by atoms with Crippen molar-refractivity contribution in [2.24, 2.45) is 5.73 Å². The fraction of sp³-hybridized carbons (Fsp3) is 0.600. The average Bonchev–Trinajstić information content (AvgIpc) is 2.66. The molecule has 0 radical (unpaired) electrons. The predicted octanol–water partition coefficient (Wildman–Crippen LogP) is 1.36. The highest BCUT2D eigenvalue weighted by molar-refractivity contribution is 5.25. The van der Waals surface area contributed by atoms with E-state index in [1.807, 2.05) is 18.2 Å². The summed E-state index contributed by atoms with van der Waals surface area (Å²) in [5.74, 6) is 0. The fourth-order valence-corrected chi connectivity index (χ4v) is 0.870. The Morgan fingerprint density at radius 1 is 1.58 bits per heavy atom. The highest BCUT2D eigenvalue weighted by atomic mass is 16.3. The van der Waals surface area contributed by atoms with Gasteiger partial charge < -0.3 is 10.8 Å². The van der Waals surface area contributed by atoms with Crippen LogP contribution in [0.5, 0.6) is 0 Å². The summed E-state index contributed by atoms with van der Waals surface area (Å²) in [6, 6.07) is 0.583. The van der Waals surface area contributed by atoms with Crippen LogP contribution in [-0.4, -0.2) is 17.3 Å². The van der Waals surface area contributed by atoms with Crippen LogP contribution in [0.1, 0.15) is 26.2 Å². The van der Waals surface area contributed by atoms with Crippen LogP contribution in [-0.2, 0) is 0 Å². The fourth-order valence-electron chi connectivity index (χ4n) is 0.870. The van der Waals surface area contributed by atoms with E-state index in [4.69, 9.17) is 10.8 Å². The molecular weight excluding hydrogens is 150 g/mol. The summed E-state index contributed by atoms with van der Waals surface area (Å²) in [7, 11) is 0. The topological polar surface area (TPSA) is 46.2 Å². The van der Waals surface area contributed by atoms with Gasteiger partial charge in [0.05, 0.1) is 6.10 Å². The van der Waals surface area contributed by atoms with E-state index in [0.717, 1.165) is 12.0 Å². The third-order valence-corrected chi connectivity index (χ3v) is 1.96. The molecule has 1 saturated carbocycles. The summed E-state index contributed by atoms with van der Waals surface area (Å²) >= 11 is 0. The van der Waals surface area contributed by atoms with Crippen molar-refractivity contribution in [3.8, 4) is 0 Å². The van der Waals surface area contributed by atoms with Crippen LogP contribution in [0, 0.1) is 0 Å². The first-order valence-electron chi connectivity index (χ1n) is 4.49. The van der Waals surface area contributed by atoms with E-state index >= 15 is 0 Å². The van der Waals surface area contributed by atoms with E-state index in [0.29, 0.717) is 6.04 Å². The van der Waals surface area contributed by atoms with Crippen molar-refractivity contribution in [3.63, 3.8) is 0 Å². The molecule has 12 heavy (non-hydrogen) atoms. The zero-order valence-electron chi connectivity index (χ0n) is 7.53. The molecule has 0 heterocycles. The highest BCUT2D eigenvalue weighted by Crippen LogP contribution is 2.14. The number of allylic oxidation sites excluding steroid dienone is 3. The van der Waals surface area contributed by atoms with Crippen molar-refractivity contribution in [1.29, 1.82) is 0 Å². The first kappa shape index (κ1) is 9.49. The molecule has 0 saturated heterocycles. The van der Waals surface area contributed by atoms with Gasteiger partial charge in [-0.1, -0.05) is 18.2 Å². The van der Waals surface area contributed by atoms with Crippen LogP contribution in [0.25, 0.3) is 0 Å². The Labute approximate surface area is 73.8 Å². The molecule has 0 aromatic carbocycles. The van der Waals surface area contributed by atoms with Gasteiger partial charge >= 0.3 is 0 Å². The molecular formula is C10H17NO. The van der Waals surface area contributed by atoms with Gasteiger partial charge in [0.2, 0.25) is 0 Å². The lowest BCUT2D eigenvalue weighted by atomic mass is 10.1. The maximum absolute atomic E-state index is 8.94. The molecule has 0 bridgehead atoms. The van der Waals surface area contributed by atoms with Gasteiger partial charge in [-0.15, -0.1) is 0 Å². The second kappa shape index (κ2) is 4.43. The van der Waals surface area contributed by atoms with Crippen molar-refractivity contribution in [1.82, 2.24) is 0 Å². The SMILES string of the molecule is CC(O)C1=CC=CC1.NC1CC1. The smallest absolute Gasteiger partial charge is 0.0728 e. The minimum atomic E-state index is -0.259. The average molecular weight is 167 g/mol. The number of nitrogens with two attached hydrogens (primary N) is 1. The summed E-state index contributed by atoms with van der Waals surface area (Å²) in [6.07, 6.45) is 9.18. The van der Waals surface area contributed by atoms with Crippen LogP contribution < -0.4 is 5.73 Å². The Kier molecular flexibility index (Phi) is 3.50. The van der Waals surface area contributed by atoms with Crippen LogP contribution in [0.4, 0.5) is 0 Å². The molecule has 68 valence electrons. The maximum Gasteiger partial charge on any atom is 0.0728 e. The highest BCUT2D eigenvalue weighted by Gasteiger charge is 2.13. The van der Waals surface area contributed by atoms with Gasteiger partial charge in [0.25, 0.3) is 0 Å². The second-order valence-electron chi connectivity index (χ2n) is 3.39. The van der Waals surface area contributed by atoms with E-state index in [2.05, 4.69) is 0 Å². The molecule has 1 fully saturated rings. The lowest BCUT2D eigenvalue weighted by molar-refractivity contribution is 0.229. The van der Waals surface area contributed by atoms with E-state index in [1.165, 1.54) is 12.8 Å². The summed E-state index contributed by atoms with van der Waals surface area (Å²) in [5, 5.41) is 8.94. The molecule has 0 aromatic rings. The molecule has 3 N–H and O–H groups in total. The van der Waals surface area contributed by atoms with Crippen LogP contribution in [0.2, 0.25) is 0 Å². The second-order valence-corrected chi connectivity index (χ2v) is 3.39. The van der Waals surface area contributed by atoms with Crippen molar-refractivity contribution < 1.29 is 5.11 Å². The lowest BCUT2D eigenvalue weighted by Gasteiger charge is -2.01. The molecule has 0 spiro atoms. The van der Waals surface area contributed by atoms with E-state index in [1.54, 1.807) is 6.92 Å². The van der Waals surface area contributed by atoms with Crippen molar-refractivity contribution in [2.75, 3.05) is 0 Å². The molecule has 0 aliphatic heterocycles. The van der Waals surface area contributed by atoms with Crippen molar-refractivity contribution >= 4 is 0 Å². The third kappa shape index (κ3) is 3.69. The molecule has 0 amide bonds. The van der Waals surface area contributed by atoms with Gasteiger partial charge in [0.15, 0.2) is 0 Å². The van der Waals surface area contributed by atoms with Gasteiger partial charge in [0, 0.05) is 6.04 Å². The number of hydrogen-bond acceptors (Lipinski definition) is 2. The molecule has 2 aliphatic rings. The molecule has 1 unspecified atom stereocenters. The van der Waals surface area contributed by atoms with Gasteiger partial charge in [0.1, 0.15) is 0 Å². The van der Waals surface area contributed by atoms with Crippen molar-refractivity contribution in [2.45, 2.75) is 38.3 Å². The van der Waals surface area contributed by atoms with Gasteiger partial charge in [-0.2, -0.15) is 0 Å². The first-order chi connectivity index (χ1) is 5.70. The number of aliphatic hydroxyl groups is 1. The normalized spacial score (nSPS) is 22.8. The quantitative estimate of drug-likeness (QED) is 0.619. The number of aliphatic hydroxyl groups excluding tert-OH is 1. The summed E-state index contributed by atoms with van der Waals surface area (Å²) in [5.41, 5.74) is 6.34. The number of rotatable bonds is 1. The van der Waals surface area contributed by atoms with Crippen LogP contribution in [0.15, 0.2) is 23.8 Å². The van der Waals surface area contributed by atoms with E-state index < -0.39 is 0 Å². The zero-order chi connectivity index (χ0) is 8.97. The van der Waals surface area contributed by atoms with Gasteiger partial charge in [-0.3, -0.25) is 0 Å². The van der Waals surface area contributed by atoms with E-state index in [9.17, 15) is 0 Å². The minimum absolute atomic E-state index is 0.259. The lowest BCUT2D eigenvalue weighted by Crippen LogP contribution is -2.01. The monoisotopic (exact) mass is 167 g/mol. The summed E-state index contributed by atoms with van der Waals surface area (Å²) in [4.78, 5) is 0. The Balaban J connectivity index is 0.000000150. The maximum atomic E-state index is 8.94. The largest absolute Gasteiger partial charge is 0.389 e. The zero-order valence-corrected chi connectivity index (χ0v) is 7.53. The first-order valence-corrected chi connectivity index (χ1v) is 4.49. The van der Waals surface area contributed by atoms with Crippen molar-refractivity contribution in [3.05, 3.63) is 23.8 Å². The van der Waals surface area contributed by atoms with Crippen LogP contribution >= 0.6 is 0 Å². The molecule has 2 nitrogen and oxygen atoms in total. The number of hydrogen-bond donors (Lipinski definition) is 2. The third-order valence-electron chi connectivity index (χ3n) is 1.96. The Hall–Kier alpha value is -0.600. The predicted molar refractivity (Wildman–Crippen MR) is 50.7 cm³/mol. The Morgan fingerprint density at radius 2 is 2.17 bits per heavy atom. The Bertz CT molecular complexity index is 190. The minimum Gasteiger partial charge on any atom is -0.389 e. The molecule has 2 aliphatic carbocycles. The van der Waals surface area contributed by atoms with Crippen LogP contribution in [0.3, 0.4) is 0 Å².